The van der Waals surface area contributed by atoms with Crippen LogP contribution >= 0.6 is 11.3 Å². The summed E-state index contributed by atoms with van der Waals surface area (Å²) in [6, 6.07) is 5.45. The molecule has 27 heavy (non-hydrogen) atoms. The maximum Gasteiger partial charge on any atom is 0.262 e. The van der Waals surface area contributed by atoms with Gasteiger partial charge in [-0.05, 0) is 43.9 Å². The molecule has 1 aromatic heterocycles. The smallest absolute Gasteiger partial charge is 0.262 e. The molecule has 0 spiro atoms. The van der Waals surface area contributed by atoms with Crippen molar-refractivity contribution in [3.05, 3.63) is 51.4 Å². The number of imide groups is 1. The second kappa shape index (κ2) is 6.31. The number of amides is 4. The second-order valence-corrected chi connectivity index (χ2v) is 7.72. The van der Waals surface area contributed by atoms with Gasteiger partial charge in [-0.1, -0.05) is 12.1 Å². The van der Waals surface area contributed by atoms with Gasteiger partial charge in [0.1, 0.15) is 11.0 Å². The van der Waals surface area contributed by atoms with Crippen LogP contribution in [0, 0.1) is 0 Å². The van der Waals surface area contributed by atoms with Crippen LogP contribution in [0.5, 0.6) is 0 Å². The van der Waals surface area contributed by atoms with E-state index in [4.69, 9.17) is 5.73 Å². The molecule has 0 saturated heterocycles. The van der Waals surface area contributed by atoms with Crippen LogP contribution in [0.2, 0.25) is 0 Å². The predicted molar refractivity (Wildman–Crippen MR) is 99.9 cm³/mol. The molecule has 1 unspecified atom stereocenters. The minimum atomic E-state index is -1.02. The van der Waals surface area contributed by atoms with Gasteiger partial charge in [-0.2, -0.15) is 0 Å². The standard InChI is InChI=1S/C19H17N3O4S/c1-9(22-18(25)10-5-2-3-6-11(10)19(22)26)16(24)21-17-14(15(20)23)12-7-4-8-13(12)27-17/h2-3,5-6,9H,4,7-8H2,1H3,(H2,20,23)(H,21,24). The number of carbonyl (C=O) groups excluding carboxylic acids is 4. The number of aryl methyl sites for hydroxylation is 1. The summed E-state index contributed by atoms with van der Waals surface area (Å²) < 4.78 is 0. The average Bonchev–Trinajstić information content (AvgIpc) is 3.27. The zero-order chi connectivity index (χ0) is 19.3. The molecule has 1 aliphatic carbocycles. The van der Waals surface area contributed by atoms with Gasteiger partial charge in [0.05, 0.1) is 16.7 Å². The fourth-order valence-electron chi connectivity index (χ4n) is 3.65. The lowest BCUT2D eigenvalue weighted by Crippen LogP contribution is -2.45. The molecular formula is C19H17N3O4S. The van der Waals surface area contributed by atoms with Gasteiger partial charge in [0, 0.05) is 4.88 Å². The van der Waals surface area contributed by atoms with Gasteiger partial charge in [-0.3, -0.25) is 24.1 Å². The summed E-state index contributed by atoms with van der Waals surface area (Å²) >= 11 is 1.33. The van der Waals surface area contributed by atoms with E-state index in [-0.39, 0.29) is 11.1 Å². The zero-order valence-corrected chi connectivity index (χ0v) is 15.4. The van der Waals surface area contributed by atoms with E-state index in [0.29, 0.717) is 10.6 Å². The van der Waals surface area contributed by atoms with Crippen LogP contribution in [0.1, 0.15) is 54.9 Å². The molecule has 2 aliphatic rings. The Labute approximate surface area is 159 Å². The van der Waals surface area contributed by atoms with Crippen LogP contribution in [0.25, 0.3) is 0 Å². The molecule has 1 aliphatic heterocycles. The molecule has 3 N–H and O–H groups in total. The van der Waals surface area contributed by atoms with Crippen molar-refractivity contribution in [3.8, 4) is 0 Å². The minimum absolute atomic E-state index is 0.287. The first-order chi connectivity index (χ1) is 12.9. The molecule has 2 heterocycles. The number of rotatable bonds is 4. The van der Waals surface area contributed by atoms with Gasteiger partial charge in [-0.25, -0.2) is 0 Å². The van der Waals surface area contributed by atoms with Crippen LogP contribution in [0.15, 0.2) is 24.3 Å². The highest BCUT2D eigenvalue weighted by Crippen LogP contribution is 2.39. The monoisotopic (exact) mass is 383 g/mol. The average molecular weight is 383 g/mol. The van der Waals surface area contributed by atoms with Crippen LogP contribution in [-0.2, 0) is 17.6 Å². The third kappa shape index (κ3) is 2.64. The van der Waals surface area contributed by atoms with Crippen molar-refractivity contribution >= 4 is 40.0 Å². The van der Waals surface area contributed by atoms with E-state index in [9.17, 15) is 19.2 Å². The number of thiophene rings is 1. The molecule has 8 heteroatoms. The molecule has 0 saturated carbocycles. The Morgan fingerprint density at radius 3 is 2.37 bits per heavy atom. The molecule has 2 aromatic rings. The minimum Gasteiger partial charge on any atom is -0.365 e. The van der Waals surface area contributed by atoms with Crippen molar-refractivity contribution in [2.75, 3.05) is 5.32 Å². The number of carbonyl (C=O) groups is 4. The molecule has 0 bridgehead atoms. The summed E-state index contributed by atoms with van der Waals surface area (Å²) in [5, 5.41) is 3.09. The van der Waals surface area contributed by atoms with Gasteiger partial charge >= 0.3 is 0 Å². The molecule has 138 valence electrons. The molecule has 0 fully saturated rings. The highest BCUT2D eigenvalue weighted by molar-refractivity contribution is 7.17. The van der Waals surface area contributed by atoms with Crippen LogP contribution in [0.3, 0.4) is 0 Å². The van der Waals surface area contributed by atoms with E-state index < -0.39 is 29.7 Å². The number of benzene rings is 1. The summed E-state index contributed by atoms with van der Waals surface area (Å²) in [5.74, 6) is -2.12. The number of anilines is 1. The number of primary amides is 1. The lowest BCUT2D eigenvalue weighted by atomic mass is 10.1. The topological polar surface area (TPSA) is 110 Å². The lowest BCUT2D eigenvalue weighted by molar-refractivity contribution is -0.119. The van der Waals surface area contributed by atoms with E-state index in [1.807, 2.05) is 0 Å². The van der Waals surface area contributed by atoms with E-state index in [1.54, 1.807) is 24.3 Å². The van der Waals surface area contributed by atoms with Crippen LogP contribution < -0.4 is 11.1 Å². The Morgan fingerprint density at radius 2 is 1.78 bits per heavy atom. The highest BCUT2D eigenvalue weighted by Gasteiger charge is 2.41. The third-order valence-electron chi connectivity index (χ3n) is 5.00. The summed E-state index contributed by atoms with van der Waals surface area (Å²) in [4.78, 5) is 51.7. The summed E-state index contributed by atoms with van der Waals surface area (Å²) in [6.45, 7) is 1.49. The third-order valence-corrected chi connectivity index (χ3v) is 6.20. The summed E-state index contributed by atoms with van der Waals surface area (Å²) in [7, 11) is 0. The van der Waals surface area contributed by atoms with Gasteiger partial charge in [0.2, 0.25) is 5.91 Å². The number of hydrogen-bond acceptors (Lipinski definition) is 5. The SMILES string of the molecule is CC(C(=O)Nc1sc2c(c1C(N)=O)CCC2)N1C(=O)c2ccccc2C1=O. The van der Waals surface area contributed by atoms with Gasteiger partial charge in [-0.15, -0.1) is 11.3 Å². The number of nitrogens with zero attached hydrogens (tertiary/aromatic N) is 1. The van der Waals surface area contributed by atoms with Crippen LogP contribution in [0.4, 0.5) is 5.00 Å². The normalized spacial score (nSPS) is 16.3. The van der Waals surface area contributed by atoms with Crippen LogP contribution in [-0.4, -0.2) is 34.6 Å². The van der Waals surface area contributed by atoms with Crippen molar-refractivity contribution in [3.63, 3.8) is 0 Å². The maximum atomic E-state index is 12.7. The number of fused-ring (bicyclic) bond motifs is 2. The lowest BCUT2D eigenvalue weighted by Gasteiger charge is -2.21. The summed E-state index contributed by atoms with van der Waals surface area (Å²) in [5.41, 5.74) is 7.32. The van der Waals surface area contributed by atoms with Crippen molar-refractivity contribution in [2.24, 2.45) is 5.73 Å². The van der Waals surface area contributed by atoms with Crippen molar-refractivity contribution in [1.82, 2.24) is 4.90 Å². The number of nitrogens with one attached hydrogen (secondary N) is 1. The Bertz CT molecular complexity index is 975. The quantitative estimate of drug-likeness (QED) is 0.787. The molecule has 7 nitrogen and oxygen atoms in total. The maximum absolute atomic E-state index is 12.7. The molecule has 0 radical (unpaired) electrons. The second-order valence-electron chi connectivity index (χ2n) is 6.62. The molecular weight excluding hydrogens is 366 g/mol. The molecule has 4 amide bonds. The fourth-order valence-corrected chi connectivity index (χ4v) is 4.94. The van der Waals surface area contributed by atoms with Gasteiger partial charge in [0.15, 0.2) is 0 Å². The van der Waals surface area contributed by atoms with Crippen molar-refractivity contribution in [1.29, 1.82) is 0 Å². The Hall–Kier alpha value is -3.00. The highest BCUT2D eigenvalue weighted by atomic mass is 32.1. The first-order valence-electron chi connectivity index (χ1n) is 8.62. The Morgan fingerprint density at radius 1 is 1.15 bits per heavy atom. The van der Waals surface area contributed by atoms with E-state index in [0.717, 1.165) is 34.6 Å². The van der Waals surface area contributed by atoms with E-state index in [1.165, 1.54) is 18.3 Å². The van der Waals surface area contributed by atoms with Crippen molar-refractivity contribution in [2.45, 2.75) is 32.2 Å². The van der Waals surface area contributed by atoms with Gasteiger partial charge < -0.3 is 11.1 Å². The molecule has 1 aromatic carbocycles. The van der Waals surface area contributed by atoms with Crippen molar-refractivity contribution < 1.29 is 19.2 Å². The van der Waals surface area contributed by atoms with E-state index >= 15 is 0 Å². The summed E-state index contributed by atoms with van der Waals surface area (Å²) in [6.07, 6.45) is 2.57. The molecule has 1 atom stereocenters. The largest absolute Gasteiger partial charge is 0.365 e. The fraction of sp³-hybridized carbons (Fsp3) is 0.263. The predicted octanol–water partition coefficient (Wildman–Crippen LogP) is 1.96. The first-order valence-corrected chi connectivity index (χ1v) is 9.44. The Kier molecular flexibility index (Phi) is 4.07. The molecule has 4 rings (SSSR count). The number of nitrogens with two attached hydrogens (primary N) is 1. The van der Waals surface area contributed by atoms with E-state index in [2.05, 4.69) is 5.32 Å². The zero-order valence-electron chi connectivity index (χ0n) is 14.6. The first kappa shape index (κ1) is 17.4. The Balaban J connectivity index is 1.59. The van der Waals surface area contributed by atoms with Gasteiger partial charge in [0.25, 0.3) is 17.7 Å². The number of hydrogen-bond donors (Lipinski definition) is 2.